The van der Waals surface area contributed by atoms with Crippen molar-refractivity contribution >= 4 is 11.7 Å². The molecule has 2 fully saturated rings. The van der Waals surface area contributed by atoms with E-state index in [1.165, 1.54) is 40.5 Å². The lowest BCUT2D eigenvalue weighted by Gasteiger charge is -2.31. The van der Waals surface area contributed by atoms with E-state index in [1.807, 2.05) is 25.1 Å². The first-order chi connectivity index (χ1) is 18.7. The molecule has 6 rings (SSSR count). The highest BCUT2D eigenvalue weighted by molar-refractivity contribution is 5.73. The number of aromatic nitrogens is 2. The van der Waals surface area contributed by atoms with Crippen LogP contribution in [0.2, 0.25) is 0 Å². The fourth-order valence-electron chi connectivity index (χ4n) is 5.53. The van der Waals surface area contributed by atoms with E-state index in [0.29, 0.717) is 29.6 Å². The lowest BCUT2D eigenvalue weighted by Crippen LogP contribution is -2.34. The molecule has 39 heavy (non-hydrogen) atoms. The number of nitrogens with zero attached hydrogens (tertiary/aromatic N) is 6. The molecule has 0 N–H and O–H groups in total. The number of fused-ring (bicyclic) bond motifs is 1. The Kier molecular flexibility index (Phi) is 8.02. The Labute approximate surface area is 226 Å². The van der Waals surface area contributed by atoms with Gasteiger partial charge >= 0.3 is 11.9 Å². The summed E-state index contributed by atoms with van der Waals surface area (Å²) in [5.41, 5.74) is 0.919. The molecule has 3 aromatic rings. The molecule has 4 heterocycles. The second-order valence-electron chi connectivity index (χ2n) is 11.0. The molecule has 2 aliphatic heterocycles. The van der Waals surface area contributed by atoms with Gasteiger partial charge < -0.3 is 0 Å². The molecule has 1 aromatic carbocycles. The number of piperidine rings is 1. The van der Waals surface area contributed by atoms with Gasteiger partial charge in [-0.15, -0.1) is 5.10 Å². The third kappa shape index (κ3) is 6.49. The maximum absolute atomic E-state index is 14.0. The summed E-state index contributed by atoms with van der Waals surface area (Å²) in [5.74, 6) is 1.20. The number of pyridine rings is 1. The minimum Gasteiger partial charge on any atom is -0.299 e. The molecular weight excluding hydrogens is 505 g/mol. The maximum atomic E-state index is 14.0. The number of benzene rings is 1. The molecule has 10 heteroatoms. The first-order valence-corrected chi connectivity index (χ1v) is 13.6. The summed E-state index contributed by atoms with van der Waals surface area (Å²) in [4.78, 5) is 15.4. The standard InChI is InChI=1S/C26H30F3N3O.C3H4N3/c1-18-5-4-10-30(14-18)15-21-13-23(26(27,28)29)24-17-31(25(33)32(24)16-21)22-9-3-8-20(12-22)11-19-6-2-7-19;1-3-2-4-6-5-3/h3,8-9,12-13,16-19H,2,4-7,10-11,14-15H2,1H3;2H,1H3/t18-;/m0./s1. The Morgan fingerprint density at radius 2 is 1.87 bits per heavy atom. The highest BCUT2D eigenvalue weighted by atomic mass is 19.4. The van der Waals surface area contributed by atoms with E-state index in [2.05, 4.69) is 27.3 Å². The van der Waals surface area contributed by atoms with Crippen molar-refractivity contribution in [3.8, 4) is 5.69 Å². The molecule has 207 valence electrons. The summed E-state index contributed by atoms with van der Waals surface area (Å²) < 4.78 is 44.5. The van der Waals surface area contributed by atoms with Gasteiger partial charge in [0.15, 0.2) is 0 Å². The third-order valence-corrected chi connectivity index (χ3v) is 7.71. The molecule has 1 saturated heterocycles. The maximum Gasteiger partial charge on any atom is 0.418 e. The lowest BCUT2D eigenvalue weighted by molar-refractivity contribution is -0.136. The van der Waals surface area contributed by atoms with E-state index in [-0.39, 0.29) is 5.52 Å². The van der Waals surface area contributed by atoms with Gasteiger partial charge in [-0.05, 0) is 79.1 Å². The first-order valence-electron chi connectivity index (χ1n) is 13.6. The van der Waals surface area contributed by atoms with Gasteiger partial charge in [0.05, 0.1) is 23.0 Å². The fourth-order valence-corrected chi connectivity index (χ4v) is 5.53. The summed E-state index contributed by atoms with van der Waals surface area (Å²) in [6, 6.07) is 9.71. The summed E-state index contributed by atoms with van der Waals surface area (Å²) in [5, 5.41) is 10.3. The largest absolute Gasteiger partial charge is 0.418 e. The van der Waals surface area contributed by atoms with Gasteiger partial charge in [0.25, 0.3) is 0 Å². The number of halogens is 3. The number of rotatable bonds is 5. The minimum atomic E-state index is -4.54. The van der Waals surface area contributed by atoms with Crippen LogP contribution in [0, 0.1) is 17.9 Å². The van der Waals surface area contributed by atoms with Gasteiger partial charge in [0.2, 0.25) is 0 Å². The summed E-state index contributed by atoms with van der Waals surface area (Å²) >= 11 is 0. The van der Waals surface area contributed by atoms with Crippen molar-refractivity contribution in [2.24, 2.45) is 27.3 Å². The number of hydrogen-bond donors (Lipinski definition) is 0. The zero-order valence-electron chi connectivity index (χ0n) is 22.4. The summed E-state index contributed by atoms with van der Waals surface area (Å²) in [7, 11) is 0. The van der Waals surface area contributed by atoms with Crippen LogP contribution in [-0.4, -0.2) is 33.2 Å². The molecule has 1 radical (unpaired) electrons. The molecule has 0 amide bonds. The van der Waals surface area contributed by atoms with Crippen LogP contribution in [0.5, 0.6) is 0 Å². The van der Waals surface area contributed by atoms with Crippen molar-refractivity contribution in [3.63, 3.8) is 0 Å². The average molecular weight is 540 g/mol. The molecule has 2 aromatic heterocycles. The first kappa shape index (κ1) is 27.3. The third-order valence-electron chi connectivity index (χ3n) is 7.71. The van der Waals surface area contributed by atoms with Crippen LogP contribution >= 0.6 is 0 Å². The number of likely N-dealkylation sites (tertiary alicyclic amines) is 1. The van der Waals surface area contributed by atoms with E-state index < -0.39 is 17.4 Å². The molecule has 3 aliphatic rings. The van der Waals surface area contributed by atoms with Crippen LogP contribution in [0.25, 0.3) is 11.2 Å². The average Bonchev–Trinajstić information content (AvgIpc) is 3.48. The van der Waals surface area contributed by atoms with E-state index in [0.717, 1.165) is 44.0 Å². The van der Waals surface area contributed by atoms with E-state index in [9.17, 15) is 18.0 Å². The zero-order chi connectivity index (χ0) is 27.6. The molecular formula is C29H34F3N6O. The second-order valence-corrected chi connectivity index (χ2v) is 11.0. The second kappa shape index (κ2) is 11.5. The molecule has 7 nitrogen and oxygen atoms in total. The molecule has 0 spiro atoms. The molecule has 1 atom stereocenters. The van der Waals surface area contributed by atoms with Crippen molar-refractivity contribution in [3.05, 3.63) is 75.9 Å². The Morgan fingerprint density at radius 3 is 2.49 bits per heavy atom. The van der Waals surface area contributed by atoms with Crippen LogP contribution < -0.4 is 5.69 Å². The van der Waals surface area contributed by atoms with Crippen LogP contribution in [0.3, 0.4) is 0 Å². The smallest absolute Gasteiger partial charge is 0.299 e. The minimum absolute atomic E-state index is 0.104. The van der Waals surface area contributed by atoms with E-state index >= 15 is 0 Å². The van der Waals surface area contributed by atoms with E-state index in [4.69, 9.17) is 0 Å². The van der Waals surface area contributed by atoms with E-state index in [1.54, 1.807) is 18.5 Å². The summed E-state index contributed by atoms with van der Waals surface area (Å²) in [6.07, 6.45) is 6.81. The molecule has 1 aliphatic carbocycles. The van der Waals surface area contributed by atoms with Crippen LogP contribution in [0.1, 0.15) is 62.6 Å². The Bertz CT molecular complexity index is 1410. The van der Waals surface area contributed by atoms with Crippen molar-refractivity contribution in [1.82, 2.24) is 13.9 Å². The Morgan fingerprint density at radius 1 is 1.05 bits per heavy atom. The van der Waals surface area contributed by atoms with Gasteiger partial charge in [-0.25, -0.2) is 4.79 Å². The van der Waals surface area contributed by atoms with Crippen molar-refractivity contribution in [2.75, 3.05) is 13.1 Å². The van der Waals surface area contributed by atoms with Crippen molar-refractivity contribution in [2.45, 2.75) is 65.1 Å². The van der Waals surface area contributed by atoms with Crippen molar-refractivity contribution in [1.29, 1.82) is 0 Å². The van der Waals surface area contributed by atoms with Crippen LogP contribution in [0.15, 0.2) is 63.0 Å². The predicted octanol–water partition coefficient (Wildman–Crippen LogP) is 6.67. The van der Waals surface area contributed by atoms with Gasteiger partial charge in [-0.1, -0.05) is 38.3 Å². The molecule has 0 bridgehead atoms. The molecule has 1 saturated carbocycles. The number of hydrogen-bond acceptors (Lipinski definition) is 5. The monoisotopic (exact) mass is 539 g/mol. The molecule has 0 unspecified atom stereocenters. The Balaban J connectivity index is 0.000000455. The lowest BCUT2D eigenvalue weighted by atomic mass is 9.81. The van der Waals surface area contributed by atoms with Gasteiger partial charge in [-0.3, -0.25) is 13.9 Å². The van der Waals surface area contributed by atoms with Gasteiger partial charge in [0.1, 0.15) is 6.04 Å². The normalized spacial score (nSPS) is 20.3. The van der Waals surface area contributed by atoms with Crippen LogP contribution in [0.4, 0.5) is 13.2 Å². The topological polar surface area (TPSA) is 66.7 Å². The fraction of sp³-hybridized carbons (Fsp3) is 0.483. The van der Waals surface area contributed by atoms with Crippen molar-refractivity contribution < 1.29 is 13.2 Å². The highest BCUT2D eigenvalue weighted by Crippen LogP contribution is 2.34. The summed E-state index contributed by atoms with van der Waals surface area (Å²) in [6.45, 7) is 6.16. The quantitative estimate of drug-likeness (QED) is 0.363. The zero-order valence-corrected chi connectivity index (χ0v) is 22.4. The SMILES string of the molecule is C[C@H]1CCCN(Cc2cc(C(F)(F)F)c3cn(-c4cccc(CC5CCC5)c4)c(=O)n3c2)C1.C[C]1C=NN=N1. The predicted molar refractivity (Wildman–Crippen MR) is 145 cm³/mol. The number of alkyl halides is 3. The van der Waals surface area contributed by atoms with Gasteiger partial charge in [-0.2, -0.15) is 18.3 Å². The van der Waals surface area contributed by atoms with Crippen LogP contribution in [-0.2, 0) is 19.1 Å². The Hall–Kier alpha value is -3.27. The number of imidazole rings is 1. The van der Waals surface area contributed by atoms with Gasteiger partial charge in [0, 0.05) is 25.5 Å². The highest BCUT2D eigenvalue weighted by Gasteiger charge is 2.35.